The molecule has 1 aromatic carbocycles. The molecule has 0 saturated carbocycles. The second-order valence-corrected chi connectivity index (χ2v) is 7.89. The number of hydrogen-bond acceptors (Lipinski definition) is 3. The molecule has 0 bridgehead atoms. The quantitative estimate of drug-likeness (QED) is 0.833. The lowest BCUT2D eigenvalue weighted by Gasteiger charge is -2.24. The second kappa shape index (κ2) is 8.48. The number of hydrogen-bond donors (Lipinski definition) is 2. The van der Waals surface area contributed by atoms with Crippen molar-refractivity contribution < 1.29 is 9.59 Å². The van der Waals surface area contributed by atoms with Crippen LogP contribution in [0, 0.1) is 5.41 Å². The van der Waals surface area contributed by atoms with Gasteiger partial charge in [-0.05, 0) is 18.9 Å². The molecule has 1 heterocycles. The molecule has 1 fully saturated rings. The van der Waals surface area contributed by atoms with Crippen LogP contribution in [0.3, 0.4) is 0 Å². The van der Waals surface area contributed by atoms with Gasteiger partial charge in [-0.3, -0.25) is 14.5 Å². The van der Waals surface area contributed by atoms with Crippen LogP contribution in [-0.4, -0.2) is 42.4 Å². The molecule has 5 heteroatoms. The van der Waals surface area contributed by atoms with Gasteiger partial charge in [-0.1, -0.05) is 51.1 Å². The monoisotopic (exact) mass is 345 g/mol. The minimum Gasteiger partial charge on any atom is -0.355 e. The van der Waals surface area contributed by atoms with Gasteiger partial charge in [-0.15, -0.1) is 0 Å². The first-order valence-electron chi connectivity index (χ1n) is 9.14. The van der Waals surface area contributed by atoms with E-state index in [-0.39, 0.29) is 17.9 Å². The Labute approximate surface area is 151 Å². The van der Waals surface area contributed by atoms with E-state index in [0.29, 0.717) is 19.0 Å². The van der Waals surface area contributed by atoms with E-state index in [9.17, 15) is 9.59 Å². The second-order valence-electron chi connectivity index (χ2n) is 7.89. The van der Waals surface area contributed by atoms with Gasteiger partial charge in [-0.2, -0.15) is 0 Å². The van der Waals surface area contributed by atoms with Crippen molar-refractivity contribution in [1.82, 2.24) is 15.5 Å². The summed E-state index contributed by atoms with van der Waals surface area (Å²) in [6.45, 7) is 10.1. The molecule has 0 aromatic heterocycles. The van der Waals surface area contributed by atoms with Crippen molar-refractivity contribution in [1.29, 1.82) is 0 Å². The van der Waals surface area contributed by atoms with Gasteiger partial charge in [0.25, 0.3) is 0 Å². The van der Waals surface area contributed by atoms with E-state index in [1.165, 1.54) is 5.56 Å². The fraction of sp³-hybridized carbons (Fsp3) is 0.600. The molecule has 1 saturated heterocycles. The molecule has 1 aliphatic rings. The summed E-state index contributed by atoms with van der Waals surface area (Å²) in [5.41, 5.74) is 0.884. The molecule has 1 aliphatic heterocycles. The number of carbonyl (C=O) groups excluding carboxylic acids is 2. The number of benzene rings is 1. The third-order valence-corrected chi connectivity index (χ3v) is 4.73. The largest absolute Gasteiger partial charge is 0.355 e. The zero-order chi connectivity index (χ0) is 18.4. The Morgan fingerprint density at radius 1 is 1.24 bits per heavy atom. The zero-order valence-electron chi connectivity index (χ0n) is 15.8. The molecule has 2 atom stereocenters. The van der Waals surface area contributed by atoms with Crippen molar-refractivity contribution in [2.24, 2.45) is 5.41 Å². The number of carbonyl (C=O) groups is 2. The van der Waals surface area contributed by atoms with Crippen molar-refractivity contribution in [2.45, 2.75) is 52.6 Å². The molecule has 1 aromatic rings. The summed E-state index contributed by atoms with van der Waals surface area (Å²) in [7, 11) is 0. The van der Waals surface area contributed by atoms with Crippen molar-refractivity contribution in [3.05, 3.63) is 35.9 Å². The summed E-state index contributed by atoms with van der Waals surface area (Å²) < 4.78 is 0. The van der Waals surface area contributed by atoms with E-state index in [1.807, 2.05) is 26.8 Å². The van der Waals surface area contributed by atoms with Crippen molar-refractivity contribution in [2.75, 3.05) is 19.6 Å². The first-order valence-corrected chi connectivity index (χ1v) is 9.14. The van der Waals surface area contributed by atoms with Crippen molar-refractivity contribution >= 4 is 11.8 Å². The summed E-state index contributed by atoms with van der Waals surface area (Å²) in [4.78, 5) is 26.3. The fourth-order valence-electron chi connectivity index (χ4n) is 3.05. The van der Waals surface area contributed by atoms with Crippen LogP contribution < -0.4 is 10.6 Å². The Kier molecular flexibility index (Phi) is 6.59. The molecule has 2 N–H and O–H groups in total. The number of likely N-dealkylation sites (tertiary alicyclic amines) is 1. The van der Waals surface area contributed by atoms with E-state index < -0.39 is 5.41 Å². The average Bonchev–Trinajstić information content (AvgIpc) is 3.02. The minimum absolute atomic E-state index is 0.00780. The minimum atomic E-state index is -0.421. The Bertz CT molecular complexity index is 580. The predicted molar refractivity (Wildman–Crippen MR) is 100 cm³/mol. The summed E-state index contributed by atoms with van der Waals surface area (Å²) in [6.07, 6.45) is 1.30. The third-order valence-electron chi connectivity index (χ3n) is 4.73. The lowest BCUT2D eigenvalue weighted by Crippen LogP contribution is -2.40. The van der Waals surface area contributed by atoms with E-state index in [0.717, 1.165) is 19.5 Å². The van der Waals surface area contributed by atoms with Gasteiger partial charge in [0.2, 0.25) is 11.8 Å². The molecule has 2 rings (SSSR count). The molecule has 2 amide bonds. The van der Waals surface area contributed by atoms with Crippen LogP contribution in [0.4, 0.5) is 0 Å². The summed E-state index contributed by atoms with van der Waals surface area (Å²) >= 11 is 0. The number of amides is 2. The summed E-state index contributed by atoms with van der Waals surface area (Å²) in [5.74, 6) is -0.0162. The highest BCUT2D eigenvalue weighted by Crippen LogP contribution is 2.24. The van der Waals surface area contributed by atoms with Gasteiger partial charge in [0.1, 0.15) is 0 Å². The normalized spacial score (nSPS) is 19.4. The molecule has 0 spiro atoms. The van der Waals surface area contributed by atoms with Crippen LogP contribution in [0.1, 0.15) is 52.1 Å². The molecular formula is C20H31N3O2. The molecule has 0 radical (unpaired) electrons. The first-order chi connectivity index (χ1) is 11.8. The SMILES string of the molecule is C[C@H](c1ccccc1)N1CC[C@H](NC(=O)CCNC(=O)C(C)(C)C)C1. The van der Waals surface area contributed by atoms with Crippen molar-refractivity contribution in [3.8, 4) is 0 Å². The lowest BCUT2D eigenvalue weighted by atomic mass is 9.96. The average molecular weight is 345 g/mol. The van der Waals surface area contributed by atoms with Crippen LogP contribution in [0.5, 0.6) is 0 Å². The number of nitrogens with one attached hydrogen (secondary N) is 2. The topological polar surface area (TPSA) is 61.4 Å². The van der Waals surface area contributed by atoms with Gasteiger partial charge in [0.15, 0.2) is 0 Å². The molecule has 5 nitrogen and oxygen atoms in total. The maximum absolute atomic E-state index is 12.1. The predicted octanol–water partition coefficient (Wildman–Crippen LogP) is 2.49. The van der Waals surface area contributed by atoms with Crippen molar-refractivity contribution in [3.63, 3.8) is 0 Å². The number of rotatable bonds is 6. The highest BCUT2D eigenvalue weighted by Gasteiger charge is 2.27. The Balaban J connectivity index is 1.72. The molecular weight excluding hydrogens is 314 g/mol. The first kappa shape index (κ1) is 19.4. The zero-order valence-corrected chi connectivity index (χ0v) is 15.8. The smallest absolute Gasteiger partial charge is 0.225 e. The van der Waals surface area contributed by atoms with Crippen LogP contribution >= 0.6 is 0 Å². The summed E-state index contributed by atoms with van der Waals surface area (Å²) in [6, 6.07) is 11.0. The van der Waals surface area contributed by atoms with Gasteiger partial charge in [-0.25, -0.2) is 0 Å². The highest BCUT2D eigenvalue weighted by molar-refractivity contribution is 5.82. The van der Waals surface area contributed by atoms with E-state index in [1.54, 1.807) is 0 Å². The van der Waals surface area contributed by atoms with Crippen LogP contribution in [0.15, 0.2) is 30.3 Å². The van der Waals surface area contributed by atoms with Gasteiger partial charge < -0.3 is 10.6 Å². The molecule has 0 unspecified atom stereocenters. The molecule has 25 heavy (non-hydrogen) atoms. The molecule has 0 aliphatic carbocycles. The van der Waals surface area contributed by atoms with Crippen LogP contribution in [0.2, 0.25) is 0 Å². The number of nitrogens with zero attached hydrogens (tertiary/aromatic N) is 1. The Hall–Kier alpha value is -1.88. The standard InChI is InChI=1S/C20H31N3O2/c1-15(16-8-6-5-7-9-16)23-13-11-17(14-23)22-18(24)10-12-21-19(25)20(2,3)4/h5-9,15,17H,10-14H2,1-4H3,(H,21,25)(H,22,24)/t15-,17+/m1/s1. The van der Waals surface area contributed by atoms with E-state index in [2.05, 4.69) is 46.7 Å². The Morgan fingerprint density at radius 3 is 2.56 bits per heavy atom. The maximum Gasteiger partial charge on any atom is 0.225 e. The molecule has 138 valence electrons. The highest BCUT2D eigenvalue weighted by atomic mass is 16.2. The third kappa shape index (κ3) is 5.85. The summed E-state index contributed by atoms with van der Waals surface area (Å²) in [5, 5.41) is 5.91. The van der Waals surface area contributed by atoms with Gasteiger partial charge >= 0.3 is 0 Å². The van der Waals surface area contributed by atoms with E-state index in [4.69, 9.17) is 0 Å². The van der Waals surface area contributed by atoms with Gasteiger partial charge in [0.05, 0.1) is 0 Å². The van der Waals surface area contributed by atoms with E-state index >= 15 is 0 Å². The fourth-order valence-corrected chi connectivity index (χ4v) is 3.05. The van der Waals surface area contributed by atoms with Gasteiger partial charge in [0, 0.05) is 43.6 Å². The Morgan fingerprint density at radius 2 is 1.92 bits per heavy atom. The maximum atomic E-state index is 12.1. The van der Waals surface area contributed by atoms with Crippen LogP contribution in [0.25, 0.3) is 0 Å². The van der Waals surface area contributed by atoms with Crippen LogP contribution in [-0.2, 0) is 9.59 Å². The lowest BCUT2D eigenvalue weighted by molar-refractivity contribution is -0.128.